The number of aryl methyl sites for hydroxylation is 3. The fraction of sp³-hybridized carbons (Fsp3) is 0.333. The molecule has 0 saturated heterocycles. The lowest BCUT2D eigenvalue weighted by atomic mass is 10.0. The molecule has 0 aliphatic heterocycles. The molecule has 0 aliphatic carbocycles. The van der Waals surface area contributed by atoms with Crippen LogP contribution >= 0.6 is 0 Å². The smallest absolute Gasteiger partial charge is 0.339 e. The van der Waals surface area contributed by atoms with Gasteiger partial charge in [-0.15, -0.1) is 6.58 Å². The third-order valence-corrected chi connectivity index (χ3v) is 4.73. The van der Waals surface area contributed by atoms with Gasteiger partial charge in [-0.25, -0.2) is 9.79 Å². The number of benzene rings is 2. The summed E-state index contributed by atoms with van der Waals surface area (Å²) >= 11 is 0. The summed E-state index contributed by atoms with van der Waals surface area (Å²) in [6.07, 6.45) is 3.80. The number of ether oxygens (including phenoxy) is 1. The second-order valence-electron chi connectivity index (χ2n) is 7.10. The number of nitrogens with zero attached hydrogens (tertiary/aromatic N) is 2. The van der Waals surface area contributed by atoms with Crippen LogP contribution in [0.4, 0.5) is 5.69 Å². The highest BCUT2D eigenvalue weighted by Crippen LogP contribution is 2.27. The van der Waals surface area contributed by atoms with Crippen LogP contribution in [0.15, 0.2) is 54.0 Å². The Morgan fingerprint density at radius 2 is 1.86 bits per heavy atom. The first-order valence-electron chi connectivity index (χ1n) is 9.59. The highest BCUT2D eigenvalue weighted by molar-refractivity contribution is 5.92. The van der Waals surface area contributed by atoms with Gasteiger partial charge in [-0.1, -0.05) is 35.9 Å². The van der Waals surface area contributed by atoms with Crippen molar-refractivity contribution in [3.63, 3.8) is 0 Å². The average Bonchev–Trinajstić information content (AvgIpc) is 2.68. The van der Waals surface area contributed by atoms with Crippen molar-refractivity contribution < 1.29 is 9.53 Å². The molecule has 2 rings (SSSR count). The number of carbonyl (C=O) groups excluding carboxylic acids is 1. The SMILES string of the molecule is C=CCC(OC(=O)c1cc(C)c(N=CN(C)CC)cc1C)c1ccc(C)cc1. The highest BCUT2D eigenvalue weighted by Gasteiger charge is 2.19. The van der Waals surface area contributed by atoms with E-state index in [1.165, 1.54) is 5.56 Å². The average molecular weight is 379 g/mol. The molecule has 0 saturated carbocycles. The first-order chi connectivity index (χ1) is 13.3. The van der Waals surface area contributed by atoms with Crippen molar-refractivity contribution in [1.82, 2.24) is 4.90 Å². The van der Waals surface area contributed by atoms with Crippen molar-refractivity contribution in [3.05, 3.63) is 76.9 Å². The zero-order valence-corrected chi connectivity index (χ0v) is 17.5. The molecular formula is C24H30N2O2. The van der Waals surface area contributed by atoms with E-state index in [1.54, 1.807) is 12.4 Å². The lowest BCUT2D eigenvalue weighted by Crippen LogP contribution is -2.14. The van der Waals surface area contributed by atoms with Gasteiger partial charge in [0.2, 0.25) is 0 Å². The van der Waals surface area contributed by atoms with Gasteiger partial charge in [0.25, 0.3) is 0 Å². The van der Waals surface area contributed by atoms with Crippen LogP contribution in [0.5, 0.6) is 0 Å². The van der Waals surface area contributed by atoms with Gasteiger partial charge in [0.05, 0.1) is 17.6 Å². The maximum absolute atomic E-state index is 12.9. The minimum absolute atomic E-state index is 0.325. The van der Waals surface area contributed by atoms with Crippen LogP contribution in [0.1, 0.15) is 52.1 Å². The van der Waals surface area contributed by atoms with E-state index in [9.17, 15) is 4.79 Å². The molecule has 2 aromatic rings. The summed E-state index contributed by atoms with van der Waals surface area (Å²) in [6, 6.07) is 11.8. The topological polar surface area (TPSA) is 41.9 Å². The Bertz CT molecular complexity index is 854. The van der Waals surface area contributed by atoms with Crippen LogP contribution in [0, 0.1) is 20.8 Å². The lowest BCUT2D eigenvalue weighted by molar-refractivity contribution is 0.0302. The maximum atomic E-state index is 12.9. The molecule has 0 fully saturated rings. The number of hydrogen-bond acceptors (Lipinski definition) is 3. The van der Waals surface area contributed by atoms with Crippen molar-refractivity contribution in [1.29, 1.82) is 0 Å². The molecule has 1 unspecified atom stereocenters. The monoisotopic (exact) mass is 378 g/mol. The predicted octanol–water partition coefficient (Wildman–Crippen LogP) is 5.70. The van der Waals surface area contributed by atoms with Crippen LogP contribution in [0.2, 0.25) is 0 Å². The second-order valence-corrected chi connectivity index (χ2v) is 7.10. The van der Waals surface area contributed by atoms with E-state index in [2.05, 4.69) is 18.5 Å². The Morgan fingerprint density at radius 1 is 1.18 bits per heavy atom. The summed E-state index contributed by atoms with van der Waals surface area (Å²) < 4.78 is 5.84. The van der Waals surface area contributed by atoms with E-state index in [0.717, 1.165) is 28.9 Å². The molecule has 4 heteroatoms. The van der Waals surface area contributed by atoms with Crippen LogP contribution < -0.4 is 0 Å². The fourth-order valence-corrected chi connectivity index (χ4v) is 2.78. The molecule has 0 heterocycles. The van der Waals surface area contributed by atoms with E-state index in [4.69, 9.17) is 4.74 Å². The van der Waals surface area contributed by atoms with Crippen molar-refractivity contribution in [2.24, 2.45) is 4.99 Å². The number of rotatable bonds is 8. The third-order valence-electron chi connectivity index (χ3n) is 4.73. The zero-order valence-electron chi connectivity index (χ0n) is 17.5. The Kier molecular flexibility index (Phi) is 7.56. The van der Waals surface area contributed by atoms with Gasteiger partial charge in [-0.2, -0.15) is 0 Å². The van der Waals surface area contributed by atoms with Gasteiger partial charge < -0.3 is 9.64 Å². The number of carbonyl (C=O) groups is 1. The van der Waals surface area contributed by atoms with Gasteiger partial charge in [0.1, 0.15) is 6.10 Å². The molecule has 0 aliphatic rings. The second kappa shape index (κ2) is 9.88. The maximum Gasteiger partial charge on any atom is 0.339 e. The van der Waals surface area contributed by atoms with E-state index < -0.39 is 0 Å². The standard InChI is InChI=1S/C24H30N2O2/c1-7-9-23(20-12-10-17(3)11-13-20)28-24(27)21-14-19(5)22(15-18(21)4)25-16-26(6)8-2/h7,10-16,23H,1,8-9H2,2-6H3. The quantitative estimate of drug-likeness (QED) is 0.256. The highest BCUT2D eigenvalue weighted by atomic mass is 16.5. The molecule has 0 N–H and O–H groups in total. The normalized spacial score (nSPS) is 12.0. The van der Waals surface area contributed by atoms with Crippen molar-refractivity contribution in [2.75, 3.05) is 13.6 Å². The van der Waals surface area contributed by atoms with Crippen molar-refractivity contribution in [2.45, 2.75) is 40.2 Å². The van der Waals surface area contributed by atoms with Gasteiger partial charge >= 0.3 is 5.97 Å². The molecular weight excluding hydrogens is 348 g/mol. The van der Waals surface area contributed by atoms with E-state index in [0.29, 0.717) is 12.0 Å². The van der Waals surface area contributed by atoms with E-state index in [-0.39, 0.29) is 12.1 Å². The van der Waals surface area contributed by atoms with Gasteiger partial charge in [0.15, 0.2) is 0 Å². The Balaban J connectivity index is 2.24. The molecule has 0 aromatic heterocycles. The van der Waals surface area contributed by atoms with Crippen molar-refractivity contribution in [3.8, 4) is 0 Å². The van der Waals surface area contributed by atoms with Crippen LogP contribution in [0.25, 0.3) is 0 Å². The minimum atomic E-state index is -0.346. The fourth-order valence-electron chi connectivity index (χ4n) is 2.78. The zero-order chi connectivity index (χ0) is 20.7. The van der Waals surface area contributed by atoms with E-state index in [1.807, 2.05) is 69.1 Å². The molecule has 2 aromatic carbocycles. The van der Waals surface area contributed by atoms with Gasteiger partial charge in [0, 0.05) is 20.0 Å². The largest absolute Gasteiger partial charge is 0.454 e. The first kappa shape index (κ1) is 21.4. The molecule has 0 amide bonds. The summed E-state index contributed by atoms with van der Waals surface area (Å²) in [5.41, 5.74) is 5.36. The Hall–Kier alpha value is -2.88. The summed E-state index contributed by atoms with van der Waals surface area (Å²) in [4.78, 5) is 19.4. The molecule has 4 nitrogen and oxygen atoms in total. The summed E-state index contributed by atoms with van der Waals surface area (Å²) in [5.74, 6) is -0.325. The molecule has 1 atom stereocenters. The van der Waals surface area contributed by atoms with Gasteiger partial charge in [-0.05, 0) is 56.5 Å². The van der Waals surface area contributed by atoms with Crippen LogP contribution in [-0.2, 0) is 4.74 Å². The van der Waals surface area contributed by atoms with E-state index >= 15 is 0 Å². The Morgan fingerprint density at radius 3 is 2.46 bits per heavy atom. The molecule has 0 spiro atoms. The first-order valence-corrected chi connectivity index (χ1v) is 9.59. The summed E-state index contributed by atoms with van der Waals surface area (Å²) in [7, 11) is 1.97. The summed E-state index contributed by atoms with van der Waals surface area (Å²) in [5, 5.41) is 0. The third kappa shape index (κ3) is 5.56. The Labute approximate surface area is 168 Å². The number of hydrogen-bond donors (Lipinski definition) is 0. The molecule has 148 valence electrons. The minimum Gasteiger partial charge on any atom is -0.454 e. The van der Waals surface area contributed by atoms with Crippen molar-refractivity contribution >= 4 is 18.0 Å². The number of aliphatic imine (C=N–C) groups is 1. The lowest BCUT2D eigenvalue weighted by Gasteiger charge is -2.18. The number of esters is 1. The molecule has 0 bridgehead atoms. The summed E-state index contributed by atoms with van der Waals surface area (Å²) in [6.45, 7) is 12.6. The molecule has 0 radical (unpaired) electrons. The molecule has 28 heavy (non-hydrogen) atoms. The van der Waals surface area contributed by atoms with Crippen LogP contribution in [-0.4, -0.2) is 30.8 Å². The van der Waals surface area contributed by atoms with Gasteiger partial charge in [-0.3, -0.25) is 0 Å². The predicted molar refractivity (Wildman–Crippen MR) is 117 cm³/mol. The van der Waals surface area contributed by atoms with Crippen LogP contribution in [0.3, 0.4) is 0 Å².